The molecular weight excluding hydrogens is 198 g/mol. The molecular formula is C10H14ClN3. The van der Waals surface area contributed by atoms with Gasteiger partial charge in [-0.25, -0.2) is 9.97 Å². The van der Waals surface area contributed by atoms with Crippen molar-refractivity contribution in [1.82, 2.24) is 9.97 Å². The highest BCUT2D eigenvalue weighted by molar-refractivity contribution is 6.18. The highest BCUT2D eigenvalue weighted by atomic mass is 35.5. The third-order valence-corrected chi connectivity index (χ3v) is 3.10. The Bertz CT molecular complexity index is 270. The highest BCUT2D eigenvalue weighted by Crippen LogP contribution is 2.20. The molecule has 0 unspecified atom stereocenters. The Kier molecular flexibility index (Phi) is 3.19. The average molecular weight is 212 g/mol. The zero-order chi connectivity index (χ0) is 9.80. The first-order chi connectivity index (χ1) is 6.90. The molecule has 0 aliphatic carbocycles. The van der Waals surface area contributed by atoms with E-state index in [1.807, 2.05) is 6.07 Å². The molecule has 2 heterocycles. The molecule has 3 nitrogen and oxygen atoms in total. The van der Waals surface area contributed by atoms with E-state index in [2.05, 4.69) is 14.9 Å². The van der Waals surface area contributed by atoms with Crippen LogP contribution in [-0.4, -0.2) is 28.9 Å². The SMILES string of the molecule is ClCC1CCN(c2ncccn2)CC1. The summed E-state index contributed by atoms with van der Waals surface area (Å²) in [4.78, 5) is 10.7. The topological polar surface area (TPSA) is 29.0 Å². The van der Waals surface area contributed by atoms with Gasteiger partial charge in [-0.15, -0.1) is 11.6 Å². The van der Waals surface area contributed by atoms with Crippen molar-refractivity contribution in [2.75, 3.05) is 23.9 Å². The lowest BCUT2D eigenvalue weighted by molar-refractivity contribution is 0.439. The number of hydrogen-bond donors (Lipinski definition) is 0. The van der Waals surface area contributed by atoms with Crippen LogP contribution in [0.2, 0.25) is 0 Å². The van der Waals surface area contributed by atoms with Gasteiger partial charge in [-0.3, -0.25) is 0 Å². The summed E-state index contributed by atoms with van der Waals surface area (Å²) >= 11 is 5.82. The standard InChI is InChI=1S/C10H14ClN3/c11-8-9-2-6-14(7-3-9)10-12-4-1-5-13-10/h1,4-5,9H,2-3,6-8H2. The predicted molar refractivity (Wildman–Crippen MR) is 57.7 cm³/mol. The fourth-order valence-corrected chi connectivity index (χ4v) is 2.05. The molecule has 1 aliphatic heterocycles. The molecule has 0 atom stereocenters. The Hall–Kier alpha value is -0.830. The molecule has 4 heteroatoms. The van der Waals surface area contributed by atoms with Gasteiger partial charge in [0.25, 0.3) is 0 Å². The van der Waals surface area contributed by atoms with Crippen LogP contribution >= 0.6 is 11.6 Å². The van der Waals surface area contributed by atoms with Gasteiger partial charge in [-0.2, -0.15) is 0 Å². The van der Waals surface area contributed by atoms with E-state index in [0.29, 0.717) is 5.92 Å². The average Bonchev–Trinajstić information content (AvgIpc) is 2.30. The van der Waals surface area contributed by atoms with Gasteiger partial charge in [0.2, 0.25) is 5.95 Å². The van der Waals surface area contributed by atoms with Gasteiger partial charge in [0.15, 0.2) is 0 Å². The summed E-state index contributed by atoms with van der Waals surface area (Å²) in [5.74, 6) is 2.31. The van der Waals surface area contributed by atoms with Crippen molar-refractivity contribution in [1.29, 1.82) is 0 Å². The zero-order valence-electron chi connectivity index (χ0n) is 8.06. The molecule has 1 aliphatic rings. The van der Waals surface area contributed by atoms with Crippen molar-refractivity contribution in [2.24, 2.45) is 5.92 Å². The molecule has 1 saturated heterocycles. The third kappa shape index (κ3) is 2.15. The molecule has 1 aromatic heterocycles. The molecule has 2 rings (SSSR count). The lowest BCUT2D eigenvalue weighted by Crippen LogP contribution is -2.35. The quantitative estimate of drug-likeness (QED) is 0.701. The summed E-state index contributed by atoms with van der Waals surface area (Å²) in [5, 5.41) is 0. The van der Waals surface area contributed by atoms with Crippen LogP contribution in [0.3, 0.4) is 0 Å². The van der Waals surface area contributed by atoms with Crippen LogP contribution in [0, 0.1) is 5.92 Å². The first kappa shape index (κ1) is 9.71. The van der Waals surface area contributed by atoms with Gasteiger partial charge >= 0.3 is 0 Å². The number of anilines is 1. The Morgan fingerprint density at radius 3 is 2.50 bits per heavy atom. The van der Waals surface area contributed by atoms with Crippen LogP contribution in [0.5, 0.6) is 0 Å². The Balaban J connectivity index is 1.96. The molecule has 0 spiro atoms. The van der Waals surface area contributed by atoms with Crippen molar-refractivity contribution >= 4 is 17.5 Å². The smallest absolute Gasteiger partial charge is 0.225 e. The highest BCUT2D eigenvalue weighted by Gasteiger charge is 2.19. The minimum Gasteiger partial charge on any atom is -0.341 e. The van der Waals surface area contributed by atoms with Crippen molar-refractivity contribution < 1.29 is 0 Å². The molecule has 0 aromatic carbocycles. The van der Waals surface area contributed by atoms with E-state index in [1.165, 1.54) is 0 Å². The second kappa shape index (κ2) is 4.60. The number of nitrogens with zero attached hydrogens (tertiary/aromatic N) is 3. The maximum Gasteiger partial charge on any atom is 0.225 e. The van der Waals surface area contributed by atoms with Crippen LogP contribution in [0.25, 0.3) is 0 Å². The molecule has 0 N–H and O–H groups in total. The Morgan fingerprint density at radius 2 is 1.93 bits per heavy atom. The van der Waals surface area contributed by atoms with E-state index in [1.54, 1.807) is 12.4 Å². The summed E-state index contributed by atoms with van der Waals surface area (Å²) in [5.41, 5.74) is 0. The number of alkyl halides is 1. The second-order valence-corrected chi connectivity index (χ2v) is 3.94. The fourth-order valence-electron chi connectivity index (χ4n) is 1.74. The van der Waals surface area contributed by atoms with E-state index in [-0.39, 0.29) is 0 Å². The van der Waals surface area contributed by atoms with Crippen LogP contribution in [0.1, 0.15) is 12.8 Å². The first-order valence-electron chi connectivity index (χ1n) is 4.98. The summed E-state index contributed by atoms with van der Waals surface area (Å²) in [6.45, 7) is 2.06. The minimum atomic E-state index is 0.677. The minimum absolute atomic E-state index is 0.677. The first-order valence-corrected chi connectivity index (χ1v) is 5.51. The van der Waals surface area contributed by atoms with E-state index in [9.17, 15) is 0 Å². The van der Waals surface area contributed by atoms with Gasteiger partial charge in [-0.05, 0) is 24.8 Å². The number of rotatable bonds is 2. The van der Waals surface area contributed by atoms with Gasteiger partial charge < -0.3 is 4.90 Å². The maximum atomic E-state index is 5.82. The third-order valence-electron chi connectivity index (χ3n) is 2.67. The predicted octanol–water partition coefficient (Wildman–Crippen LogP) is 1.93. The van der Waals surface area contributed by atoms with Crippen LogP contribution in [-0.2, 0) is 0 Å². The zero-order valence-corrected chi connectivity index (χ0v) is 8.82. The maximum absolute atomic E-state index is 5.82. The van der Waals surface area contributed by atoms with E-state index >= 15 is 0 Å². The Morgan fingerprint density at radius 1 is 1.29 bits per heavy atom. The van der Waals surface area contributed by atoms with Crippen LogP contribution < -0.4 is 4.90 Å². The fraction of sp³-hybridized carbons (Fsp3) is 0.600. The number of hydrogen-bond acceptors (Lipinski definition) is 3. The lowest BCUT2D eigenvalue weighted by atomic mass is 9.99. The monoisotopic (exact) mass is 211 g/mol. The number of piperidine rings is 1. The largest absolute Gasteiger partial charge is 0.341 e. The molecule has 0 bridgehead atoms. The van der Waals surface area contributed by atoms with E-state index < -0.39 is 0 Å². The summed E-state index contributed by atoms with van der Waals surface area (Å²) < 4.78 is 0. The summed E-state index contributed by atoms with van der Waals surface area (Å²) in [7, 11) is 0. The van der Waals surface area contributed by atoms with Crippen LogP contribution in [0.4, 0.5) is 5.95 Å². The van der Waals surface area contributed by atoms with E-state index in [0.717, 1.165) is 37.8 Å². The number of aromatic nitrogens is 2. The van der Waals surface area contributed by atoms with Gasteiger partial charge in [0, 0.05) is 31.4 Å². The Labute approximate surface area is 89.1 Å². The lowest BCUT2D eigenvalue weighted by Gasteiger charge is -2.30. The van der Waals surface area contributed by atoms with Crippen molar-refractivity contribution in [3.63, 3.8) is 0 Å². The van der Waals surface area contributed by atoms with Crippen molar-refractivity contribution in [3.05, 3.63) is 18.5 Å². The van der Waals surface area contributed by atoms with E-state index in [4.69, 9.17) is 11.6 Å². The van der Waals surface area contributed by atoms with Crippen LogP contribution in [0.15, 0.2) is 18.5 Å². The van der Waals surface area contributed by atoms with Gasteiger partial charge in [-0.1, -0.05) is 0 Å². The molecule has 0 saturated carbocycles. The van der Waals surface area contributed by atoms with Gasteiger partial charge in [0.05, 0.1) is 0 Å². The molecule has 0 radical (unpaired) electrons. The molecule has 0 amide bonds. The molecule has 76 valence electrons. The number of halogens is 1. The second-order valence-electron chi connectivity index (χ2n) is 3.63. The van der Waals surface area contributed by atoms with Crippen molar-refractivity contribution in [3.8, 4) is 0 Å². The van der Waals surface area contributed by atoms with Gasteiger partial charge in [0.1, 0.15) is 0 Å². The molecule has 1 fully saturated rings. The summed E-state index contributed by atoms with van der Waals surface area (Å²) in [6, 6.07) is 1.84. The summed E-state index contributed by atoms with van der Waals surface area (Å²) in [6.07, 6.45) is 5.88. The molecule has 1 aromatic rings. The van der Waals surface area contributed by atoms with Crippen molar-refractivity contribution in [2.45, 2.75) is 12.8 Å². The normalized spacial score (nSPS) is 18.5. The molecule has 14 heavy (non-hydrogen) atoms.